The summed E-state index contributed by atoms with van der Waals surface area (Å²) in [6.45, 7) is 8.09. The number of pyridine rings is 1. The lowest BCUT2D eigenvalue weighted by atomic mass is 10.0. The predicted octanol–water partition coefficient (Wildman–Crippen LogP) is 6.60. The van der Waals surface area contributed by atoms with Gasteiger partial charge in [-0.1, -0.05) is 11.3 Å². The average Bonchev–Trinajstić information content (AvgIpc) is 3.30. The zero-order chi connectivity index (χ0) is 23.1. The minimum Gasteiger partial charge on any atom is -0.355 e. The van der Waals surface area contributed by atoms with Gasteiger partial charge in [-0.15, -0.1) is 5.10 Å². The van der Waals surface area contributed by atoms with Gasteiger partial charge in [0, 0.05) is 16.8 Å². The molecule has 2 aromatic heterocycles. The number of aryl methyl sites for hydroxylation is 3. The Bertz CT molecular complexity index is 1480. The largest absolute Gasteiger partial charge is 0.355 e. The summed E-state index contributed by atoms with van der Waals surface area (Å²) >= 11 is 0. The van der Waals surface area contributed by atoms with Crippen LogP contribution in [0.3, 0.4) is 0 Å². The summed E-state index contributed by atoms with van der Waals surface area (Å²) in [6, 6.07) is 19.1. The number of anilines is 2. The third kappa shape index (κ3) is 3.96. The summed E-state index contributed by atoms with van der Waals surface area (Å²) in [5, 5.41) is 13.0. The van der Waals surface area contributed by atoms with Crippen molar-refractivity contribution < 1.29 is 4.39 Å². The Morgan fingerprint density at radius 1 is 0.818 bits per heavy atom. The van der Waals surface area contributed by atoms with E-state index >= 15 is 0 Å². The average molecular weight is 438 g/mol. The zero-order valence-electron chi connectivity index (χ0n) is 19.0. The highest BCUT2D eigenvalue weighted by molar-refractivity contribution is 5.94. The molecule has 1 N–H and O–H groups in total. The summed E-state index contributed by atoms with van der Waals surface area (Å²) in [7, 11) is 0. The lowest BCUT2D eigenvalue weighted by molar-refractivity contribution is 0.619. The summed E-state index contributed by atoms with van der Waals surface area (Å²) in [5.74, 6) is -0.214. The minimum atomic E-state index is -0.214. The van der Waals surface area contributed by atoms with Crippen molar-refractivity contribution in [1.82, 2.24) is 20.0 Å². The maximum atomic E-state index is 13.6. The molecule has 0 radical (unpaired) electrons. The quantitative estimate of drug-likeness (QED) is 0.344. The van der Waals surface area contributed by atoms with Crippen LogP contribution in [0.15, 0.2) is 66.9 Å². The van der Waals surface area contributed by atoms with E-state index in [0.29, 0.717) is 11.3 Å². The van der Waals surface area contributed by atoms with Gasteiger partial charge in [0.2, 0.25) is 0 Å². The Balaban J connectivity index is 1.48. The first-order valence-electron chi connectivity index (χ1n) is 10.8. The summed E-state index contributed by atoms with van der Waals surface area (Å²) < 4.78 is 15.4. The molecule has 33 heavy (non-hydrogen) atoms. The molecule has 0 spiro atoms. The summed E-state index contributed by atoms with van der Waals surface area (Å²) in [5.41, 5.74) is 9.36. The second-order valence-electron chi connectivity index (χ2n) is 8.41. The maximum Gasteiger partial charge on any atom is 0.131 e. The highest BCUT2D eigenvalue weighted by atomic mass is 19.1. The van der Waals surface area contributed by atoms with Crippen LogP contribution >= 0.6 is 0 Å². The molecule has 5 rings (SSSR count). The highest BCUT2D eigenvalue weighted by Gasteiger charge is 2.11. The van der Waals surface area contributed by atoms with Gasteiger partial charge in [-0.05, 0) is 105 Å². The number of rotatable bonds is 4. The normalized spacial score (nSPS) is 11.2. The van der Waals surface area contributed by atoms with E-state index in [1.54, 1.807) is 23.7 Å². The molecule has 0 aliphatic rings. The first-order valence-corrected chi connectivity index (χ1v) is 10.8. The van der Waals surface area contributed by atoms with Crippen molar-refractivity contribution in [2.75, 3.05) is 5.32 Å². The van der Waals surface area contributed by atoms with Gasteiger partial charge >= 0.3 is 0 Å². The molecule has 0 saturated heterocycles. The standard InChI is InChI=1S/C27H24FN5/c1-16-13-21(14-17(2)19(16)4)33-15-27(31-32-33)26-11-9-22-24(6-5-7-25(22)30-26)29-20-8-10-23(28)18(3)12-20/h5-15,29H,1-4H3. The van der Waals surface area contributed by atoms with E-state index in [0.717, 1.165) is 33.7 Å². The van der Waals surface area contributed by atoms with Crippen LogP contribution in [0.1, 0.15) is 22.3 Å². The Kier molecular flexibility index (Phi) is 5.13. The van der Waals surface area contributed by atoms with Crippen LogP contribution in [-0.4, -0.2) is 20.0 Å². The number of aromatic nitrogens is 4. The Morgan fingerprint density at radius 3 is 2.36 bits per heavy atom. The Hall–Kier alpha value is -4.06. The van der Waals surface area contributed by atoms with E-state index in [1.165, 1.54) is 22.8 Å². The van der Waals surface area contributed by atoms with E-state index in [9.17, 15) is 4.39 Å². The van der Waals surface area contributed by atoms with Gasteiger partial charge in [-0.2, -0.15) is 0 Å². The third-order valence-corrected chi connectivity index (χ3v) is 6.10. The van der Waals surface area contributed by atoms with Gasteiger partial charge < -0.3 is 5.32 Å². The summed E-state index contributed by atoms with van der Waals surface area (Å²) in [4.78, 5) is 4.82. The van der Waals surface area contributed by atoms with Crippen LogP contribution < -0.4 is 5.32 Å². The molecular formula is C27H24FN5. The molecule has 0 amide bonds. The fourth-order valence-corrected chi connectivity index (χ4v) is 3.94. The number of fused-ring (bicyclic) bond motifs is 1. The second-order valence-corrected chi connectivity index (χ2v) is 8.41. The topological polar surface area (TPSA) is 55.6 Å². The zero-order valence-corrected chi connectivity index (χ0v) is 19.0. The molecule has 164 valence electrons. The fourth-order valence-electron chi connectivity index (χ4n) is 3.94. The second kappa shape index (κ2) is 8.13. The number of hydrogen-bond acceptors (Lipinski definition) is 4. The van der Waals surface area contributed by atoms with Crippen LogP contribution in [0.2, 0.25) is 0 Å². The van der Waals surface area contributed by atoms with Crippen LogP contribution in [0.25, 0.3) is 28.0 Å². The Labute approximate surface area is 191 Å². The van der Waals surface area contributed by atoms with Gasteiger partial charge in [0.1, 0.15) is 11.5 Å². The molecule has 5 aromatic rings. The fraction of sp³-hybridized carbons (Fsp3) is 0.148. The van der Waals surface area contributed by atoms with Gasteiger partial charge in [-0.3, -0.25) is 0 Å². The Morgan fingerprint density at radius 2 is 1.61 bits per heavy atom. The highest BCUT2D eigenvalue weighted by Crippen LogP contribution is 2.29. The lowest BCUT2D eigenvalue weighted by Crippen LogP contribution is -1.98. The molecule has 3 aromatic carbocycles. The van der Waals surface area contributed by atoms with Crippen molar-refractivity contribution in [2.24, 2.45) is 0 Å². The molecular weight excluding hydrogens is 413 g/mol. The molecule has 0 unspecified atom stereocenters. The van der Waals surface area contributed by atoms with Crippen LogP contribution in [0.5, 0.6) is 0 Å². The van der Waals surface area contributed by atoms with E-state index in [4.69, 9.17) is 4.98 Å². The molecule has 0 aliphatic carbocycles. The number of benzene rings is 3. The van der Waals surface area contributed by atoms with Crippen molar-refractivity contribution in [2.45, 2.75) is 27.7 Å². The monoisotopic (exact) mass is 437 g/mol. The molecule has 6 heteroatoms. The smallest absolute Gasteiger partial charge is 0.131 e. The number of hydrogen-bond donors (Lipinski definition) is 1. The number of nitrogens with zero attached hydrogens (tertiary/aromatic N) is 4. The van der Waals surface area contributed by atoms with E-state index in [-0.39, 0.29) is 5.82 Å². The van der Waals surface area contributed by atoms with Gasteiger partial charge in [-0.25, -0.2) is 14.1 Å². The van der Waals surface area contributed by atoms with Crippen molar-refractivity contribution in [3.8, 4) is 17.1 Å². The number of halogens is 1. The van der Waals surface area contributed by atoms with Crippen molar-refractivity contribution in [1.29, 1.82) is 0 Å². The molecule has 0 atom stereocenters. The summed E-state index contributed by atoms with van der Waals surface area (Å²) in [6.07, 6.45) is 1.90. The van der Waals surface area contributed by atoms with Crippen LogP contribution in [0, 0.1) is 33.5 Å². The maximum absolute atomic E-state index is 13.6. The molecule has 2 heterocycles. The molecule has 0 saturated carbocycles. The lowest BCUT2D eigenvalue weighted by Gasteiger charge is -2.11. The predicted molar refractivity (Wildman–Crippen MR) is 131 cm³/mol. The number of nitrogens with one attached hydrogen (secondary N) is 1. The minimum absolute atomic E-state index is 0.214. The first kappa shape index (κ1) is 20.8. The van der Waals surface area contributed by atoms with E-state index < -0.39 is 0 Å². The molecule has 5 nitrogen and oxygen atoms in total. The van der Waals surface area contributed by atoms with Crippen molar-refractivity contribution in [3.05, 3.63) is 94.9 Å². The molecule has 0 bridgehead atoms. The van der Waals surface area contributed by atoms with Gasteiger partial charge in [0.05, 0.1) is 23.1 Å². The van der Waals surface area contributed by atoms with E-state index in [2.05, 4.69) is 48.5 Å². The molecule has 0 fully saturated rings. The van der Waals surface area contributed by atoms with E-state index in [1.807, 2.05) is 36.5 Å². The third-order valence-electron chi connectivity index (χ3n) is 6.10. The first-order chi connectivity index (χ1) is 15.9. The van der Waals surface area contributed by atoms with Gasteiger partial charge in [0.15, 0.2) is 0 Å². The van der Waals surface area contributed by atoms with Crippen molar-refractivity contribution >= 4 is 22.3 Å². The SMILES string of the molecule is Cc1cc(Nc2cccc3nc(-c4cn(-c5cc(C)c(C)c(C)c5)nn4)ccc23)ccc1F. The van der Waals surface area contributed by atoms with Crippen LogP contribution in [-0.2, 0) is 0 Å². The van der Waals surface area contributed by atoms with Gasteiger partial charge in [0.25, 0.3) is 0 Å². The van der Waals surface area contributed by atoms with Crippen LogP contribution in [0.4, 0.5) is 15.8 Å². The van der Waals surface area contributed by atoms with Crippen molar-refractivity contribution in [3.63, 3.8) is 0 Å². The molecule has 0 aliphatic heterocycles.